The predicted octanol–water partition coefficient (Wildman–Crippen LogP) is 0.624. The number of benzene rings is 1. The van der Waals surface area contributed by atoms with Crippen molar-refractivity contribution in [3.8, 4) is 0 Å². The number of rotatable bonds is 4. The van der Waals surface area contributed by atoms with Crippen molar-refractivity contribution in [2.45, 2.75) is 19.4 Å². The summed E-state index contributed by atoms with van der Waals surface area (Å²) in [6, 6.07) is 5.80. The van der Waals surface area contributed by atoms with Gasteiger partial charge in [0.15, 0.2) is 6.04 Å². The SMILES string of the molecule is CCc1ccc(N(C)C(=O)C(N)C(=O)O)cc1. The predicted molar refractivity (Wildman–Crippen MR) is 64.8 cm³/mol. The molecule has 17 heavy (non-hydrogen) atoms. The van der Waals surface area contributed by atoms with Gasteiger partial charge in [0.2, 0.25) is 0 Å². The molecule has 1 amide bonds. The van der Waals surface area contributed by atoms with Gasteiger partial charge in [-0.3, -0.25) is 4.79 Å². The third-order valence-corrected chi connectivity index (χ3v) is 2.59. The Kier molecular flexibility index (Phi) is 4.23. The zero-order valence-electron chi connectivity index (χ0n) is 9.88. The highest BCUT2D eigenvalue weighted by molar-refractivity contribution is 6.08. The van der Waals surface area contributed by atoms with E-state index in [2.05, 4.69) is 0 Å². The molecule has 0 aromatic heterocycles. The van der Waals surface area contributed by atoms with Crippen molar-refractivity contribution < 1.29 is 14.7 Å². The standard InChI is InChI=1S/C12H16N2O3/c1-3-8-4-6-9(7-5-8)14(2)11(15)10(13)12(16)17/h4-7,10H,3,13H2,1-2H3,(H,16,17). The average molecular weight is 236 g/mol. The Hall–Kier alpha value is -1.88. The number of likely N-dealkylation sites (N-methyl/N-ethyl adjacent to an activating group) is 1. The molecule has 0 fully saturated rings. The van der Waals surface area contributed by atoms with Crippen molar-refractivity contribution in [1.82, 2.24) is 0 Å². The molecule has 1 unspecified atom stereocenters. The summed E-state index contributed by atoms with van der Waals surface area (Å²) in [5.41, 5.74) is 7.04. The molecule has 0 heterocycles. The van der Waals surface area contributed by atoms with Gasteiger partial charge in [0, 0.05) is 12.7 Å². The van der Waals surface area contributed by atoms with E-state index in [1.165, 1.54) is 11.9 Å². The molecular formula is C12H16N2O3. The number of carbonyl (C=O) groups is 2. The molecule has 1 atom stereocenters. The monoisotopic (exact) mass is 236 g/mol. The fourth-order valence-corrected chi connectivity index (χ4v) is 1.40. The van der Waals surface area contributed by atoms with Crippen molar-refractivity contribution in [3.05, 3.63) is 29.8 Å². The maximum absolute atomic E-state index is 11.7. The summed E-state index contributed by atoms with van der Waals surface area (Å²) in [5, 5.41) is 8.66. The second-order valence-corrected chi connectivity index (χ2v) is 3.73. The highest BCUT2D eigenvalue weighted by Crippen LogP contribution is 2.14. The summed E-state index contributed by atoms with van der Waals surface area (Å²) in [7, 11) is 1.51. The van der Waals surface area contributed by atoms with Crippen LogP contribution in [0.4, 0.5) is 5.69 Å². The van der Waals surface area contributed by atoms with Crippen LogP contribution >= 0.6 is 0 Å². The summed E-state index contributed by atoms with van der Waals surface area (Å²) in [6.07, 6.45) is 0.909. The van der Waals surface area contributed by atoms with E-state index in [0.29, 0.717) is 5.69 Å². The Balaban J connectivity index is 2.84. The van der Waals surface area contributed by atoms with Gasteiger partial charge in [-0.15, -0.1) is 0 Å². The molecule has 0 aliphatic rings. The minimum absolute atomic E-state index is 0.629. The Morgan fingerprint density at radius 3 is 2.29 bits per heavy atom. The van der Waals surface area contributed by atoms with Crippen molar-refractivity contribution in [2.75, 3.05) is 11.9 Å². The van der Waals surface area contributed by atoms with Gasteiger partial charge < -0.3 is 15.7 Å². The molecule has 1 aromatic rings. The molecule has 0 aliphatic carbocycles. The van der Waals surface area contributed by atoms with Gasteiger partial charge in [-0.05, 0) is 24.1 Å². The van der Waals surface area contributed by atoms with Gasteiger partial charge in [0.1, 0.15) is 0 Å². The second-order valence-electron chi connectivity index (χ2n) is 3.73. The van der Waals surface area contributed by atoms with Gasteiger partial charge >= 0.3 is 5.97 Å². The summed E-state index contributed by atoms with van der Waals surface area (Å²) >= 11 is 0. The summed E-state index contributed by atoms with van der Waals surface area (Å²) in [5.74, 6) is -1.96. The van der Waals surface area contributed by atoms with Crippen LogP contribution in [-0.2, 0) is 16.0 Å². The maximum Gasteiger partial charge on any atom is 0.330 e. The van der Waals surface area contributed by atoms with Crippen LogP contribution < -0.4 is 10.6 Å². The Morgan fingerprint density at radius 2 is 1.88 bits per heavy atom. The first-order chi connectivity index (χ1) is 7.97. The number of hydrogen-bond acceptors (Lipinski definition) is 3. The fraction of sp³-hybridized carbons (Fsp3) is 0.333. The van der Waals surface area contributed by atoms with Crippen LogP contribution in [0.5, 0.6) is 0 Å². The summed E-state index contributed by atoms with van der Waals surface area (Å²) < 4.78 is 0. The number of aryl methyl sites for hydroxylation is 1. The number of nitrogens with two attached hydrogens (primary N) is 1. The molecule has 0 spiro atoms. The van der Waals surface area contributed by atoms with Crippen LogP contribution in [0.2, 0.25) is 0 Å². The maximum atomic E-state index is 11.7. The number of aliphatic carboxylic acids is 1. The van der Waals surface area contributed by atoms with Gasteiger partial charge in [-0.1, -0.05) is 19.1 Å². The number of nitrogens with zero attached hydrogens (tertiary/aromatic N) is 1. The highest BCUT2D eigenvalue weighted by Gasteiger charge is 2.25. The number of anilines is 1. The molecule has 0 radical (unpaired) electrons. The van der Waals surface area contributed by atoms with Gasteiger partial charge in [-0.2, -0.15) is 0 Å². The van der Waals surface area contributed by atoms with E-state index in [9.17, 15) is 9.59 Å². The van der Waals surface area contributed by atoms with E-state index >= 15 is 0 Å². The van der Waals surface area contributed by atoms with Crippen LogP contribution in [-0.4, -0.2) is 30.1 Å². The van der Waals surface area contributed by atoms with Crippen LogP contribution in [0, 0.1) is 0 Å². The molecule has 5 heteroatoms. The van der Waals surface area contributed by atoms with Crippen LogP contribution in [0.1, 0.15) is 12.5 Å². The Bertz CT molecular complexity index is 414. The van der Waals surface area contributed by atoms with E-state index in [-0.39, 0.29) is 0 Å². The van der Waals surface area contributed by atoms with E-state index in [1.54, 1.807) is 12.1 Å². The quantitative estimate of drug-likeness (QED) is 0.751. The zero-order chi connectivity index (χ0) is 13.0. The lowest BCUT2D eigenvalue weighted by molar-refractivity contribution is -0.142. The van der Waals surface area contributed by atoms with E-state index in [4.69, 9.17) is 10.8 Å². The molecule has 0 bridgehead atoms. The lowest BCUT2D eigenvalue weighted by atomic mass is 10.1. The third-order valence-electron chi connectivity index (χ3n) is 2.59. The minimum Gasteiger partial charge on any atom is -0.480 e. The molecule has 5 nitrogen and oxygen atoms in total. The molecule has 0 saturated carbocycles. The first kappa shape index (κ1) is 13.2. The lowest BCUT2D eigenvalue weighted by Crippen LogP contribution is -2.46. The highest BCUT2D eigenvalue weighted by atomic mass is 16.4. The third kappa shape index (κ3) is 3.04. The average Bonchev–Trinajstić information content (AvgIpc) is 2.36. The van der Waals surface area contributed by atoms with Crippen LogP contribution in [0.25, 0.3) is 0 Å². The number of amides is 1. The molecule has 1 aromatic carbocycles. The van der Waals surface area contributed by atoms with Gasteiger partial charge in [0.05, 0.1) is 0 Å². The molecule has 92 valence electrons. The smallest absolute Gasteiger partial charge is 0.330 e. The summed E-state index contributed by atoms with van der Waals surface area (Å²) in [6.45, 7) is 2.03. The number of carbonyl (C=O) groups excluding carboxylic acids is 1. The van der Waals surface area contributed by atoms with Gasteiger partial charge in [-0.25, -0.2) is 4.79 Å². The number of carboxylic acids is 1. The first-order valence-corrected chi connectivity index (χ1v) is 5.32. The summed E-state index contributed by atoms with van der Waals surface area (Å²) in [4.78, 5) is 23.5. The van der Waals surface area contributed by atoms with E-state index in [0.717, 1.165) is 12.0 Å². The molecule has 3 N–H and O–H groups in total. The van der Waals surface area contributed by atoms with Crippen molar-refractivity contribution in [2.24, 2.45) is 5.73 Å². The van der Waals surface area contributed by atoms with Crippen LogP contribution in [0.3, 0.4) is 0 Å². The molecular weight excluding hydrogens is 220 g/mol. The van der Waals surface area contributed by atoms with Crippen molar-refractivity contribution in [1.29, 1.82) is 0 Å². The largest absolute Gasteiger partial charge is 0.480 e. The van der Waals surface area contributed by atoms with E-state index in [1.807, 2.05) is 19.1 Å². The number of hydrogen-bond donors (Lipinski definition) is 2. The number of carboxylic acid groups (broad SMARTS) is 1. The van der Waals surface area contributed by atoms with Crippen molar-refractivity contribution >= 4 is 17.6 Å². The normalized spacial score (nSPS) is 11.9. The molecule has 0 aliphatic heterocycles. The minimum atomic E-state index is -1.52. The Labute approximate surface area is 99.8 Å². The fourth-order valence-electron chi connectivity index (χ4n) is 1.40. The van der Waals surface area contributed by atoms with Crippen LogP contribution in [0.15, 0.2) is 24.3 Å². The van der Waals surface area contributed by atoms with Gasteiger partial charge in [0.25, 0.3) is 5.91 Å². The van der Waals surface area contributed by atoms with E-state index < -0.39 is 17.9 Å². The topological polar surface area (TPSA) is 83.6 Å². The Morgan fingerprint density at radius 1 is 1.35 bits per heavy atom. The zero-order valence-corrected chi connectivity index (χ0v) is 9.88. The first-order valence-electron chi connectivity index (χ1n) is 5.32. The molecule has 0 saturated heterocycles. The van der Waals surface area contributed by atoms with Crippen molar-refractivity contribution in [3.63, 3.8) is 0 Å². The lowest BCUT2D eigenvalue weighted by Gasteiger charge is -2.19. The molecule has 1 rings (SSSR count). The second kappa shape index (κ2) is 5.45.